The van der Waals surface area contributed by atoms with E-state index in [1.165, 1.54) is 0 Å². The van der Waals surface area contributed by atoms with Gasteiger partial charge in [0.15, 0.2) is 0 Å². The van der Waals surface area contributed by atoms with Crippen LogP contribution in [0.2, 0.25) is 0 Å². The molecule has 0 aliphatic rings. The van der Waals surface area contributed by atoms with Crippen LogP contribution in [0.3, 0.4) is 0 Å². The van der Waals surface area contributed by atoms with Crippen molar-refractivity contribution in [3.63, 3.8) is 0 Å². The molecule has 0 amide bonds. The standard InChI is InChI=1S/C20H21N3O3S.C2H6/c1-23-19-12-16(26-2)8-9-17(19)18(13-21)20(23)15-6-4-14(5-7-15)10-11-22-27(3,24)25;1-2/h4-9,12,22H,10-11H2,1-3H3;1-2H3. The Kier molecular flexibility index (Phi) is 7.43. The van der Waals surface area contributed by atoms with Crippen molar-refractivity contribution in [3.8, 4) is 23.1 Å². The van der Waals surface area contributed by atoms with Crippen molar-refractivity contribution in [1.29, 1.82) is 5.26 Å². The second-order valence-electron chi connectivity index (χ2n) is 6.39. The predicted molar refractivity (Wildman–Crippen MR) is 118 cm³/mol. The number of hydrogen-bond donors (Lipinski definition) is 1. The molecule has 0 aliphatic carbocycles. The van der Waals surface area contributed by atoms with Gasteiger partial charge in [-0.2, -0.15) is 5.26 Å². The van der Waals surface area contributed by atoms with E-state index in [4.69, 9.17) is 4.74 Å². The summed E-state index contributed by atoms with van der Waals surface area (Å²) in [7, 11) is 0.371. The van der Waals surface area contributed by atoms with Gasteiger partial charge in [0.05, 0.1) is 30.1 Å². The van der Waals surface area contributed by atoms with E-state index >= 15 is 0 Å². The van der Waals surface area contributed by atoms with Crippen LogP contribution in [0.15, 0.2) is 42.5 Å². The topological polar surface area (TPSA) is 84.1 Å². The quantitative estimate of drug-likeness (QED) is 0.665. The van der Waals surface area contributed by atoms with Gasteiger partial charge in [-0.05, 0) is 29.7 Å². The molecule has 0 aliphatic heterocycles. The summed E-state index contributed by atoms with van der Waals surface area (Å²) in [4.78, 5) is 0. The average molecular weight is 414 g/mol. The molecule has 6 nitrogen and oxygen atoms in total. The van der Waals surface area contributed by atoms with Gasteiger partial charge >= 0.3 is 0 Å². The molecule has 29 heavy (non-hydrogen) atoms. The van der Waals surface area contributed by atoms with Gasteiger partial charge in [0.25, 0.3) is 0 Å². The fourth-order valence-corrected chi connectivity index (χ4v) is 3.68. The number of nitriles is 1. The number of aromatic nitrogens is 1. The van der Waals surface area contributed by atoms with Crippen LogP contribution in [0.4, 0.5) is 0 Å². The SMILES string of the molecule is CC.COc1ccc2c(C#N)c(-c3ccc(CCNS(C)(=O)=O)cc3)n(C)c2c1. The van der Waals surface area contributed by atoms with Crippen LogP contribution in [-0.4, -0.2) is 32.9 Å². The van der Waals surface area contributed by atoms with Crippen molar-refractivity contribution in [3.05, 3.63) is 53.6 Å². The Hall–Kier alpha value is -2.82. The van der Waals surface area contributed by atoms with Crippen LogP contribution in [0.25, 0.3) is 22.2 Å². The minimum Gasteiger partial charge on any atom is -0.497 e. The molecule has 1 aromatic heterocycles. The largest absolute Gasteiger partial charge is 0.497 e. The predicted octanol–water partition coefficient (Wildman–Crippen LogP) is 3.84. The van der Waals surface area contributed by atoms with Gasteiger partial charge < -0.3 is 9.30 Å². The molecule has 7 heteroatoms. The van der Waals surface area contributed by atoms with Crippen molar-refractivity contribution in [2.75, 3.05) is 19.9 Å². The molecule has 0 bridgehead atoms. The molecular weight excluding hydrogens is 386 g/mol. The molecule has 0 saturated carbocycles. The van der Waals surface area contributed by atoms with Crippen LogP contribution in [-0.2, 0) is 23.5 Å². The van der Waals surface area contributed by atoms with Crippen LogP contribution >= 0.6 is 0 Å². The van der Waals surface area contributed by atoms with Crippen LogP contribution in [0.5, 0.6) is 5.75 Å². The highest BCUT2D eigenvalue weighted by Gasteiger charge is 2.17. The highest BCUT2D eigenvalue weighted by Crippen LogP contribution is 2.34. The van der Waals surface area contributed by atoms with Gasteiger partial charge in [-0.1, -0.05) is 38.1 Å². The lowest BCUT2D eigenvalue weighted by Crippen LogP contribution is -2.24. The van der Waals surface area contributed by atoms with E-state index in [-0.39, 0.29) is 0 Å². The molecule has 3 aromatic rings. The molecule has 1 heterocycles. The number of aryl methyl sites for hydroxylation is 1. The minimum atomic E-state index is -3.18. The van der Waals surface area contributed by atoms with Crippen LogP contribution in [0, 0.1) is 11.3 Å². The van der Waals surface area contributed by atoms with Gasteiger partial charge in [-0.15, -0.1) is 0 Å². The molecule has 0 radical (unpaired) electrons. The summed E-state index contributed by atoms with van der Waals surface area (Å²) in [5.41, 5.74) is 4.36. The van der Waals surface area contributed by atoms with Crippen molar-refractivity contribution < 1.29 is 13.2 Å². The minimum absolute atomic E-state index is 0.357. The molecule has 1 N–H and O–H groups in total. The summed E-state index contributed by atoms with van der Waals surface area (Å²) < 4.78 is 32.1. The first-order chi connectivity index (χ1) is 13.8. The maximum Gasteiger partial charge on any atom is 0.208 e. The summed E-state index contributed by atoms with van der Waals surface area (Å²) in [5.74, 6) is 0.743. The molecule has 3 rings (SSSR count). The van der Waals surface area contributed by atoms with Crippen molar-refractivity contribution in [2.24, 2.45) is 7.05 Å². The molecule has 0 atom stereocenters. The third kappa shape index (κ3) is 5.17. The second kappa shape index (κ2) is 9.59. The Morgan fingerprint density at radius 1 is 1.14 bits per heavy atom. The third-order valence-electron chi connectivity index (χ3n) is 4.52. The van der Waals surface area contributed by atoms with Gasteiger partial charge in [-0.25, -0.2) is 13.1 Å². The maximum absolute atomic E-state index is 11.1. The molecule has 0 spiro atoms. The zero-order chi connectivity index (χ0) is 21.6. The van der Waals surface area contributed by atoms with E-state index in [1.54, 1.807) is 7.11 Å². The third-order valence-corrected chi connectivity index (χ3v) is 5.25. The van der Waals surface area contributed by atoms with E-state index in [2.05, 4.69) is 10.8 Å². The van der Waals surface area contributed by atoms with Crippen LogP contribution < -0.4 is 9.46 Å². The van der Waals surface area contributed by atoms with Crippen LogP contribution in [0.1, 0.15) is 25.0 Å². The summed E-state index contributed by atoms with van der Waals surface area (Å²) >= 11 is 0. The molecule has 0 fully saturated rings. The number of rotatable bonds is 6. The van der Waals surface area contributed by atoms with Gasteiger partial charge in [0.2, 0.25) is 10.0 Å². The average Bonchev–Trinajstić information content (AvgIpc) is 3.00. The monoisotopic (exact) mass is 413 g/mol. The Morgan fingerprint density at radius 2 is 1.79 bits per heavy atom. The van der Waals surface area contributed by atoms with E-state index in [0.29, 0.717) is 18.5 Å². The lowest BCUT2D eigenvalue weighted by molar-refractivity contribution is 0.415. The number of nitrogens with one attached hydrogen (secondary N) is 1. The number of sulfonamides is 1. The number of fused-ring (bicyclic) bond motifs is 1. The highest BCUT2D eigenvalue weighted by atomic mass is 32.2. The maximum atomic E-state index is 11.1. The van der Waals surface area contributed by atoms with E-state index < -0.39 is 10.0 Å². The number of benzene rings is 2. The van der Waals surface area contributed by atoms with E-state index in [9.17, 15) is 13.7 Å². The molecular formula is C22H27N3O3S. The van der Waals surface area contributed by atoms with Gasteiger partial charge in [0, 0.05) is 25.0 Å². The zero-order valence-electron chi connectivity index (χ0n) is 17.5. The Labute approximate surface area is 172 Å². The van der Waals surface area contributed by atoms with Crippen molar-refractivity contribution in [1.82, 2.24) is 9.29 Å². The van der Waals surface area contributed by atoms with E-state index in [1.807, 2.05) is 67.9 Å². The van der Waals surface area contributed by atoms with E-state index in [0.717, 1.165) is 39.7 Å². The van der Waals surface area contributed by atoms with Gasteiger partial charge in [-0.3, -0.25) is 0 Å². The Balaban J connectivity index is 0.00000145. The lowest BCUT2D eigenvalue weighted by Gasteiger charge is -2.08. The first-order valence-corrected chi connectivity index (χ1v) is 11.3. The first kappa shape index (κ1) is 22.5. The fraction of sp³-hybridized carbons (Fsp3) is 0.318. The normalized spacial score (nSPS) is 10.9. The molecule has 0 saturated heterocycles. The molecule has 0 unspecified atom stereocenters. The number of methoxy groups -OCH3 is 1. The number of nitrogens with zero attached hydrogens (tertiary/aromatic N) is 2. The highest BCUT2D eigenvalue weighted by molar-refractivity contribution is 7.88. The zero-order valence-corrected chi connectivity index (χ0v) is 18.3. The lowest BCUT2D eigenvalue weighted by atomic mass is 10.0. The fourth-order valence-electron chi connectivity index (χ4n) is 3.20. The Bertz CT molecular complexity index is 1120. The second-order valence-corrected chi connectivity index (χ2v) is 8.22. The number of ether oxygens (including phenoxy) is 1. The van der Waals surface area contributed by atoms with Gasteiger partial charge in [0.1, 0.15) is 11.8 Å². The molecule has 154 valence electrons. The number of hydrogen-bond acceptors (Lipinski definition) is 4. The smallest absolute Gasteiger partial charge is 0.208 e. The summed E-state index contributed by atoms with van der Waals surface area (Å²) in [6.07, 6.45) is 1.75. The first-order valence-electron chi connectivity index (χ1n) is 9.44. The molecule has 2 aromatic carbocycles. The summed E-state index contributed by atoms with van der Waals surface area (Å²) in [6, 6.07) is 15.8. The summed E-state index contributed by atoms with van der Waals surface area (Å²) in [6.45, 7) is 4.36. The Morgan fingerprint density at radius 3 is 2.34 bits per heavy atom. The van der Waals surface area contributed by atoms with Crippen molar-refractivity contribution in [2.45, 2.75) is 20.3 Å². The summed E-state index contributed by atoms with van der Waals surface area (Å²) in [5, 5.41) is 10.6. The van der Waals surface area contributed by atoms with Crippen molar-refractivity contribution >= 4 is 20.9 Å².